The van der Waals surface area contributed by atoms with Crippen molar-refractivity contribution >= 4 is 5.78 Å². The van der Waals surface area contributed by atoms with E-state index in [1.165, 1.54) is 6.08 Å². The molecule has 0 atom stereocenters. The summed E-state index contributed by atoms with van der Waals surface area (Å²) >= 11 is 0. The van der Waals surface area contributed by atoms with Gasteiger partial charge in [-0.1, -0.05) is 25.7 Å². The summed E-state index contributed by atoms with van der Waals surface area (Å²) in [7, 11) is 0. The number of hydrogen-bond donors (Lipinski definition) is 0. The zero-order valence-corrected chi connectivity index (χ0v) is 6.63. The molecular formula is C9H11NO. The van der Waals surface area contributed by atoms with E-state index in [4.69, 9.17) is 5.26 Å². The van der Waals surface area contributed by atoms with Gasteiger partial charge in [-0.3, -0.25) is 4.79 Å². The minimum absolute atomic E-state index is 0.0577. The summed E-state index contributed by atoms with van der Waals surface area (Å²) in [4.78, 5) is 11.0. The van der Waals surface area contributed by atoms with Crippen molar-refractivity contribution in [3.63, 3.8) is 0 Å². The standard InChI is InChI=1S/C9H11NO/c1-3-5-8(4-2)9(11)6-7-10/h4-5H,2-3,6H2,1H3/b8-5+. The maximum Gasteiger partial charge on any atom is 0.176 e. The van der Waals surface area contributed by atoms with Crippen LogP contribution >= 0.6 is 0 Å². The summed E-state index contributed by atoms with van der Waals surface area (Å²) in [6.45, 7) is 5.42. The van der Waals surface area contributed by atoms with Crippen molar-refractivity contribution in [2.45, 2.75) is 19.8 Å². The van der Waals surface area contributed by atoms with Crippen LogP contribution in [0.5, 0.6) is 0 Å². The lowest BCUT2D eigenvalue weighted by molar-refractivity contribution is -0.114. The third-order valence-corrected chi connectivity index (χ3v) is 1.21. The molecule has 0 aromatic carbocycles. The van der Waals surface area contributed by atoms with Gasteiger partial charge in [0.2, 0.25) is 0 Å². The first kappa shape index (κ1) is 9.64. The second-order valence-corrected chi connectivity index (χ2v) is 2.03. The van der Waals surface area contributed by atoms with Gasteiger partial charge in [-0.05, 0) is 6.42 Å². The predicted octanol–water partition coefficient (Wildman–Crippen LogP) is 1.99. The monoisotopic (exact) mass is 149 g/mol. The molecule has 2 heteroatoms. The number of Topliss-reactive ketones (excluding diaryl/α,β-unsaturated/α-hetero) is 1. The van der Waals surface area contributed by atoms with Gasteiger partial charge in [-0.25, -0.2) is 0 Å². The van der Waals surface area contributed by atoms with E-state index in [0.717, 1.165) is 6.42 Å². The lowest BCUT2D eigenvalue weighted by Gasteiger charge is -1.93. The van der Waals surface area contributed by atoms with E-state index >= 15 is 0 Å². The van der Waals surface area contributed by atoms with Crippen LogP contribution in [-0.4, -0.2) is 5.78 Å². The molecule has 0 N–H and O–H groups in total. The summed E-state index contributed by atoms with van der Waals surface area (Å²) in [6.07, 6.45) is 3.99. The first-order valence-electron chi connectivity index (χ1n) is 3.49. The van der Waals surface area contributed by atoms with E-state index < -0.39 is 0 Å². The van der Waals surface area contributed by atoms with Gasteiger partial charge < -0.3 is 0 Å². The van der Waals surface area contributed by atoms with Crippen LogP contribution in [0.25, 0.3) is 0 Å². The molecule has 11 heavy (non-hydrogen) atoms. The Morgan fingerprint density at radius 3 is 2.73 bits per heavy atom. The number of carbonyl (C=O) groups excluding carboxylic acids is 1. The molecule has 0 rings (SSSR count). The minimum atomic E-state index is -0.149. The van der Waals surface area contributed by atoms with Gasteiger partial charge in [0.25, 0.3) is 0 Å². The third-order valence-electron chi connectivity index (χ3n) is 1.21. The van der Waals surface area contributed by atoms with Gasteiger partial charge in [-0.2, -0.15) is 5.26 Å². The van der Waals surface area contributed by atoms with Gasteiger partial charge in [0.1, 0.15) is 0 Å². The molecule has 0 saturated heterocycles. The van der Waals surface area contributed by atoms with E-state index in [1.54, 1.807) is 12.1 Å². The SMILES string of the molecule is C=C/C(=C\CC)C(=O)CC#N. The molecule has 0 aromatic rings. The zero-order chi connectivity index (χ0) is 8.69. The largest absolute Gasteiger partial charge is 0.293 e. The fourth-order valence-electron chi connectivity index (χ4n) is 0.705. The Morgan fingerprint density at radius 1 is 1.73 bits per heavy atom. The summed E-state index contributed by atoms with van der Waals surface area (Å²) in [5.74, 6) is -0.149. The number of hydrogen-bond acceptors (Lipinski definition) is 2. The molecule has 0 amide bonds. The maximum absolute atomic E-state index is 11.0. The highest BCUT2D eigenvalue weighted by molar-refractivity contribution is 5.98. The molecule has 0 unspecified atom stereocenters. The van der Waals surface area contributed by atoms with Crippen molar-refractivity contribution in [2.75, 3.05) is 0 Å². The maximum atomic E-state index is 11.0. The molecule has 2 nitrogen and oxygen atoms in total. The average molecular weight is 149 g/mol. The van der Waals surface area contributed by atoms with Gasteiger partial charge in [0.05, 0.1) is 12.5 Å². The predicted molar refractivity (Wildman–Crippen MR) is 43.8 cm³/mol. The van der Waals surface area contributed by atoms with Crippen LogP contribution < -0.4 is 0 Å². The lowest BCUT2D eigenvalue weighted by Crippen LogP contribution is -1.97. The highest BCUT2D eigenvalue weighted by atomic mass is 16.1. The van der Waals surface area contributed by atoms with E-state index in [1.807, 2.05) is 6.92 Å². The summed E-state index contributed by atoms with van der Waals surface area (Å²) in [5, 5.41) is 8.22. The Bertz CT molecular complexity index is 220. The van der Waals surface area contributed by atoms with Crippen LogP contribution in [0.2, 0.25) is 0 Å². The fourth-order valence-corrected chi connectivity index (χ4v) is 0.705. The zero-order valence-electron chi connectivity index (χ0n) is 6.63. The Hall–Kier alpha value is -1.36. The van der Waals surface area contributed by atoms with Crippen LogP contribution in [0.1, 0.15) is 19.8 Å². The molecule has 0 bridgehead atoms. The molecule has 0 aromatic heterocycles. The van der Waals surface area contributed by atoms with Gasteiger partial charge in [0.15, 0.2) is 5.78 Å². The molecule has 58 valence electrons. The Balaban J connectivity index is 4.29. The summed E-state index contributed by atoms with van der Waals surface area (Å²) in [5.41, 5.74) is 0.550. The van der Waals surface area contributed by atoms with Crippen molar-refractivity contribution in [1.29, 1.82) is 5.26 Å². The van der Waals surface area contributed by atoms with Crippen molar-refractivity contribution < 1.29 is 4.79 Å². The average Bonchev–Trinajstić information content (AvgIpc) is 2.00. The molecular weight excluding hydrogens is 138 g/mol. The Kier molecular flexibility index (Phi) is 4.76. The second-order valence-electron chi connectivity index (χ2n) is 2.03. The molecule has 0 aliphatic heterocycles. The van der Waals surface area contributed by atoms with Crippen LogP contribution in [0.15, 0.2) is 24.3 Å². The molecule has 0 radical (unpaired) electrons. The normalized spacial score (nSPS) is 10.4. The van der Waals surface area contributed by atoms with Crippen molar-refractivity contribution in [2.24, 2.45) is 0 Å². The number of nitrogens with zero attached hydrogens (tertiary/aromatic N) is 1. The molecule has 0 spiro atoms. The number of nitriles is 1. The summed E-state index contributed by atoms with van der Waals surface area (Å²) < 4.78 is 0. The summed E-state index contributed by atoms with van der Waals surface area (Å²) in [6, 6.07) is 1.80. The van der Waals surface area contributed by atoms with E-state index in [9.17, 15) is 4.79 Å². The Morgan fingerprint density at radius 2 is 2.36 bits per heavy atom. The van der Waals surface area contributed by atoms with Crippen molar-refractivity contribution in [3.05, 3.63) is 24.3 Å². The van der Waals surface area contributed by atoms with Crippen LogP contribution in [0.4, 0.5) is 0 Å². The minimum Gasteiger partial charge on any atom is -0.293 e. The Labute approximate surface area is 66.8 Å². The lowest BCUT2D eigenvalue weighted by atomic mass is 10.1. The van der Waals surface area contributed by atoms with Gasteiger partial charge in [0, 0.05) is 5.57 Å². The highest BCUT2D eigenvalue weighted by Gasteiger charge is 2.02. The first-order valence-corrected chi connectivity index (χ1v) is 3.49. The molecule has 0 saturated carbocycles. The quantitative estimate of drug-likeness (QED) is 0.453. The number of ketones is 1. The van der Waals surface area contributed by atoms with Gasteiger partial charge in [-0.15, -0.1) is 0 Å². The van der Waals surface area contributed by atoms with E-state index in [2.05, 4.69) is 6.58 Å². The van der Waals surface area contributed by atoms with E-state index in [-0.39, 0.29) is 12.2 Å². The smallest absolute Gasteiger partial charge is 0.176 e. The van der Waals surface area contributed by atoms with Crippen LogP contribution in [0, 0.1) is 11.3 Å². The molecule has 0 heterocycles. The third kappa shape index (κ3) is 3.36. The molecule has 0 fully saturated rings. The number of rotatable bonds is 4. The highest BCUT2D eigenvalue weighted by Crippen LogP contribution is 2.01. The first-order chi connectivity index (χ1) is 5.26. The van der Waals surface area contributed by atoms with Crippen molar-refractivity contribution in [1.82, 2.24) is 0 Å². The molecule has 0 aliphatic rings. The number of allylic oxidation sites excluding steroid dienone is 3. The van der Waals surface area contributed by atoms with Crippen LogP contribution in [0.3, 0.4) is 0 Å². The molecule has 0 aliphatic carbocycles. The van der Waals surface area contributed by atoms with Crippen molar-refractivity contribution in [3.8, 4) is 6.07 Å². The second kappa shape index (κ2) is 5.43. The van der Waals surface area contributed by atoms with E-state index in [0.29, 0.717) is 5.57 Å². The number of carbonyl (C=O) groups is 1. The van der Waals surface area contributed by atoms with Gasteiger partial charge >= 0.3 is 0 Å². The topological polar surface area (TPSA) is 40.9 Å². The fraction of sp³-hybridized carbons (Fsp3) is 0.333. The van der Waals surface area contributed by atoms with Crippen LogP contribution in [-0.2, 0) is 4.79 Å².